The van der Waals surface area contributed by atoms with Gasteiger partial charge in [0.1, 0.15) is 0 Å². The lowest BCUT2D eigenvalue weighted by Crippen LogP contribution is -2.48. The van der Waals surface area contributed by atoms with Crippen molar-refractivity contribution in [1.29, 1.82) is 0 Å². The van der Waals surface area contributed by atoms with E-state index in [1.165, 1.54) is 11.8 Å². The number of thioether (sulfide) groups is 1. The Balaban J connectivity index is 1.46. The molecule has 1 N–H and O–H groups in total. The molecular formula is C15H21N3O3S2. The van der Waals surface area contributed by atoms with Gasteiger partial charge in [0.05, 0.1) is 23.2 Å². The highest BCUT2D eigenvalue weighted by Crippen LogP contribution is 2.26. The van der Waals surface area contributed by atoms with Crippen LogP contribution in [0, 0.1) is 0 Å². The van der Waals surface area contributed by atoms with Crippen molar-refractivity contribution in [2.45, 2.75) is 37.4 Å². The summed E-state index contributed by atoms with van der Waals surface area (Å²) in [6, 6.07) is 3.90. The summed E-state index contributed by atoms with van der Waals surface area (Å²) in [7, 11) is 0. The van der Waals surface area contributed by atoms with E-state index in [1.807, 2.05) is 17.5 Å². The van der Waals surface area contributed by atoms with Crippen LogP contribution in [0.5, 0.6) is 0 Å². The summed E-state index contributed by atoms with van der Waals surface area (Å²) in [5, 5.41) is 20.8. The predicted molar refractivity (Wildman–Crippen MR) is 90.8 cm³/mol. The molecule has 1 saturated heterocycles. The number of aromatic nitrogens is 2. The Morgan fingerprint density at radius 2 is 2.17 bits per heavy atom. The van der Waals surface area contributed by atoms with E-state index in [2.05, 4.69) is 28.9 Å². The molecule has 6 nitrogen and oxygen atoms in total. The minimum Gasteiger partial charge on any atom is -0.410 e. The van der Waals surface area contributed by atoms with Crippen molar-refractivity contribution in [3.63, 3.8) is 0 Å². The van der Waals surface area contributed by atoms with Gasteiger partial charge in [-0.05, 0) is 25.3 Å². The summed E-state index contributed by atoms with van der Waals surface area (Å²) in [4.78, 5) is 3.20. The molecule has 0 aliphatic carbocycles. The first-order chi connectivity index (χ1) is 11.1. The Bertz CT molecular complexity index is 595. The van der Waals surface area contributed by atoms with Crippen molar-refractivity contribution in [3.8, 4) is 10.8 Å². The standard InChI is InChI=1S/C15H21N3O3S2/c1-10-6-18(7-11(2)20-10)8-12(19)9-23-15-17-16-14(21-15)13-4-3-5-22-13/h3-5,10-12,19H,6-9H2,1-2H3. The van der Waals surface area contributed by atoms with E-state index in [0.29, 0.717) is 23.4 Å². The van der Waals surface area contributed by atoms with Gasteiger partial charge in [0.25, 0.3) is 11.1 Å². The van der Waals surface area contributed by atoms with E-state index < -0.39 is 6.10 Å². The average Bonchev–Trinajstić information content (AvgIpc) is 3.15. The fourth-order valence-electron chi connectivity index (χ4n) is 2.72. The fraction of sp³-hybridized carbons (Fsp3) is 0.600. The average molecular weight is 355 g/mol. The smallest absolute Gasteiger partial charge is 0.276 e. The zero-order valence-electron chi connectivity index (χ0n) is 13.2. The van der Waals surface area contributed by atoms with Crippen molar-refractivity contribution in [1.82, 2.24) is 15.1 Å². The molecule has 0 radical (unpaired) electrons. The number of rotatable bonds is 6. The molecule has 3 rings (SSSR count). The van der Waals surface area contributed by atoms with Gasteiger partial charge >= 0.3 is 0 Å². The Morgan fingerprint density at radius 1 is 1.39 bits per heavy atom. The summed E-state index contributed by atoms with van der Waals surface area (Å²) in [6.45, 7) is 6.48. The minimum atomic E-state index is -0.436. The summed E-state index contributed by atoms with van der Waals surface area (Å²) in [6.07, 6.45) is -0.0135. The van der Waals surface area contributed by atoms with Gasteiger partial charge in [-0.25, -0.2) is 0 Å². The summed E-state index contributed by atoms with van der Waals surface area (Å²) >= 11 is 2.96. The van der Waals surface area contributed by atoms with Crippen LogP contribution in [-0.4, -0.2) is 63.9 Å². The molecule has 8 heteroatoms. The number of β-amino-alcohol motifs (C(OH)–C–C–N with tert-alkyl or cyclic N) is 1. The van der Waals surface area contributed by atoms with Crippen LogP contribution in [-0.2, 0) is 4.74 Å². The Morgan fingerprint density at radius 3 is 2.87 bits per heavy atom. The van der Waals surface area contributed by atoms with Gasteiger partial charge in [0.2, 0.25) is 0 Å². The lowest BCUT2D eigenvalue weighted by atomic mass is 10.2. The lowest BCUT2D eigenvalue weighted by Gasteiger charge is -2.36. The third-order valence-corrected chi connectivity index (χ3v) is 5.32. The number of nitrogens with zero attached hydrogens (tertiary/aromatic N) is 3. The van der Waals surface area contributed by atoms with E-state index in [1.54, 1.807) is 11.3 Å². The first-order valence-electron chi connectivity index (χ1n) is 7.66. The molecule has 126 valence electrons. The summed E-state index contributed by atoms with van der Waals surface area (Å²) < 4.78 is 11.3. The largest absolute Gasteiger partial charge is 0.410 e. The molecule has 0 aromatic carbocycles. The van der Waals surface area contributed by atoms with Crippen LogP contribution < -0.4 is 0 Å². The second-order valence-corrected chi connectivity index (χ2v) is 7.71. The molecule has 0 amide bonds. The molecule has 0 bridgehead atoms. The van der Waals surface area contributed by atoms with Crippen molar-refractivity contribution < 1.29 is 14.3 Å². The quantitative estimate of drug-likeness (QED) is 0.798. The number of hydrogen-bond donors (Lipinski definition) is 1. The van der Waals surface area contributed by atoms with Gasteiger partial charge in [-0.1, -0.05) is 17.8 Å². The zero-order chi connectivity index (χ0) is 16.2. The number of morpholine rings is 1. The second kappa shape index (κ2) is 7.76. The number of thiophene rings is 1. The van der Waals surface area contributed by atoms with E-state index in [9.17, 15) is 5.11 Å². The molecule has 3 unspecified atom stereocenters. The summed E-state index contributed by atoms with van der Waals surface area (Å²) in [5.74, 6) is 1.07. The van der Waals surface area contributed by atoms with Gasteiger partial charge in [-0.15, -0.1) is 21.5 Å². The number of hydrogen-bond acceptors (Lipinski definition) is 8. The van der Waals surface area contributed by atoms with Gasteiger partial charge in [-0.3, -0.25) is 4.90 Å². The molecule has 3 atom stereocenters. The first kappa shape index (κ1) is 16.9. The van der Waals surface area contributed by atoms with E-state index in [0.717, 1.165) is 18.0 Å². The zero-order valence-corrected chi connectivity index (χ0v) is 14.8. The van der Waals surface area contributed by atoms with Gasteiger partial charge < -0.3 is 14.3 Å². The second-order valence-electron chi connectivity index (χ2n) is 5.79. The Hall–Kier alpha value is -0.930. The summed E-state index contributed by atoms with van der Waals surface area (Å²) in [5.41, 5.74) is 0. The third kappa shape index (κ3) is 4.77. The van der Waals surface area contributed by atoms with Crippen LogP contribution in [0.4, 0.5) is 0 Å². The van der Waals surface area contributed by atoms with E-state index >= 15 is 0 Å². The van der Waals surface area contributed by atoms with Crippen LogP contribution in [0.1, 0.15) is 13.8 Å². The molecule has 2 aromatic heterocycles. The van der Waals surface area contributed by atoms with E-state index in [-0.39, 0.29) is 12.2 Å². The Labute approximate surface area is 143 Å². The van der Waals surface area contributed by atoms with Crippen molar-refractivity contribution in [3.05, 3.63) is 17.5 Å². The normalized spacial score (nSPS) is 24.0. The highest BCUT2D eigenvalue weighted by molar-refractivity contribution is 7.99. The third-order valence-electron chi connectivity index (χ3n) is 3.50. The predicted octanol–water partition coefficient (Wildman–Crippen LogP) is 2.36. The van der Waals surface area contributed by atoms with Crippen LogP contribution in [0.25, 0.3) is 10.8 Å². The SMILES string of the molecule is CC1CN(CC(O)CSc2nnc(-c3cccs3)o2)CC(C)O1. The molecule has 1 aliphatic heterocycles. The maximum atomic E-state index is 10.2. The molecule has 3 heterocycles. The number of aliphatic hydroxyl groups is 1. The van der Waals surface area contributed by atoms with Crippen LogP contribution in [0.3, 0.4) is 0 Å². The topological polar surface area (TPSA) is 71.6 Å². The maximum absolute atomic E-state index is 10.2. The van der Waals surface area contributed by atoms with E-state index in [4.69, 9.17) is 9.15 Å². The minimum absolute atomic E-state index is 0.211. The van der Waals surface area contributed by atoms with Crippen molar-refractivity contribution in [2.75, 3.05) is 25.4 Å². The molecule has 23 heavy (non-hydrogen) atoms. The lowest BCUT2D eigenvalue weighted by molar-refractivity contribution is -0.0750. The molecule has 2 aromatic rings. The molecule has 0 spiro atoms. The monoisotopic (exact) mass is 355 g/mol. The van der Waals surface area contributed by atoms with Crippen LogP contribution in [0.15, 0.2) is 27.2 Å². The van der Waals surface area contributed by atoms with Crippen molar-refractivity contribution in [2.24, 2.45) is 0 Å². The fourth-order valence-corrected chi connectivity index (χ4v) is 4.04. The van der Waals surface area contributed by atoms with Crippen LogP contribution >= 0.6 is 23.1 Å². The molecule has 0 saturated carbocycles. The first-order valence-corrected chi connectivity index (χ1v) is 9.52. The number of aliphatic hydroxyl groups excluding tert-OH is 1. The van der Waals surface area contributed by atoms with Crippen LogP contribution in [0.2, 0.25) is 0 Å². The maximum Gasteiger partial charge on any atom is 0.276 e. The van der Waals surface area contributed by atoms with Gasteiger partial charge in [0, 0.05) is 25.4 Å². The Kier molecular flexibility index (Phi) is 5.71. The molecule has 1 fully saturated rings. The highest BCUT2D eigenvalue weighted by atomic mass is 32.2. The van der Waals surface area contributed by atoms with Gasteiger partial charge in [0.15, 0.2) is 0 Å². The molecular weight excluding hydrogens is 334 g/mol. The van der Waals surface area contributed by atoms with Crippen molar-refractivity contribution >= 4 is 23.1 Å². The highest BCUT2D eigenvalue weighted by Gasteiger charge is 2.24. The number of ether oxygens (including phenoxy) is 1. The molecule has 1 aliphatic rings. The van der Waals surface area contributed by atoms with Gasteiger partial charge in [-0.2, -0.15) is 0 Å².